The minimum atomic E-state index is -0.574. The molecule has 3 aromatic rings. The Bertz CT molecular complexity index is 885. The first-order chi connectivity index (χ1) is 15.3. The molecular formula is C27H30O4. The number of benzene rings is 3. The average molecular weight is 419 g/mol. The topological polar surface area (TPSA) is 47.9 Å². The predicted octanol–water partition coefficient (Wildman–Crippen LogP) is 4.75. The van der Waals surface area contributed by atoms with Gasteiger partial charge in [-0.2, -0.15) is 0 Å². The van der Waals surface area contributed by atoms with E-state index < -0.39 is 6.10 Å². The van der Waals surface area contributed by atoms with Gasteiger partial charge >= 0.3 is 0 Å². The van der Waals surface area contributed by atoms with Gasteiger partial charge in [-0.3, -0.25) is 0 Å². The first kappa shape index (κ1) is 21.7. The van der Waals surface area contributed by atoms with E-state index >= 15 is 0 Å². The van der Waals surface area contributed by atoms with Gasteiger partial charge in [-0.25, -0.2) is 0 Å². The van der Waals surface area contributed by atoms with Crippen molar-refractivity contribution in [3.05, 3.63) is 108 Å². The van der Waals surface area contributed by atoms with Gasteiger partial charge in [-0.15, -0.1) is 0 Å². The molecule has 0 aromatic heterocycles. The highest BCUT2D eigenvalue weighted by Crippen LogP contribution is 2.33. The minimum absolute atomic E-state index is 0.0724. The van der Waals surface area contributed by atoms with Gasteiger partial charge in [0, 0.05) is 5.92 Å². The van der Waals surface area contributed by atoms with E-state index in [0.29, 0.717) is 32.8 Å². The molecule has 1 aliphatic carbocycles. The molecule has 1 fully saturated rings. The van der Waals surface area contributed by atoms with Gasteiger partial charge in [-0.1, -0.05) is 91.0 Å². The van der Waals surface area contributed by atoms with Crippen LogP contribution >= 0.6 is 0 Å². The van der Waals surface area contributed by atoms with E-state index in [2.05, 4.69) is 12.1 Å². The van der Waals surface area contributed by atoms with Crippen LogP contribution in [0, 0.1) is 5.92 Å². The second-order valence-electron chi connectivity index (χ2n) is 8.09. The molecule has 1 N–H and O–H groups in total. The predicted molar refractivity (Wildman–Crippen MR) is 120 cm³/mol. The molecule has 4 heteroatoms. The normalized spacial score (nSPS) is 23.1. The fourth-order valence-corrected chi connectivity index (χ4v) is 4.10. The number of aliphatic hydroxyl groups excluding tert-OH is 1. The Hall–Kier alpha value is -2.50. The van der Waals surface area contributed by atoms with Crippen molar-refractivity contribution in [1.82, 2.24) is 0 Å². The molecule has 0 saturated heterocycles. The molecule has 31 heavy (non-hydrogen) atoms. The third-order valence-electron chi connectivity index (χ3n) is 5.73. The van der Waals surface area contributed by atoms with Gasteiger partial charge in [-0.05, 0) is 23.1 Å². The molecule has 4 atom stereocenters. The number of hydrogen-bond acceptors (Lipinski definition) is 4. The van der Waals surface area contributed by atoms with Crippen LogP contribution in [0.25, 0.3) is 0 Å². The molecule has 1 saturated carbocycles. The van der Waals surface area contributed by atoms with Crippen LogP contribution < -0.4 is 0 Å². The molecule has 4 rings (SSSR count). The Balaban J connectivity index is 1.39. The van der Waals surface area contributed by atoms with E-state index in [0.717, 1.165) is 16.7 Å². The maximum absolute atomic E-state index is 10.8. The molecule has 4 nitrogen and oxygen atoms in total. The van der Waals surface area contributed by atoms with Gasteiger partial charge in [0.1, 0.15) is 6.10 Å². The highest BCUT2D eigenvalue weighted by atomic mass is 16.6. The fraction of sp³-hybridized carbons (Fsp3) is 0.333. The SMILES string of the molecule is O[C@H]1C[C@H](COCc2ccccc2)[C@@H](OCc2ccccc2)C1OCc1ccccc1. The van der Waals surface area contributed by atoms with Gasteiger partial charge in [0.2, 0.25) is 0 Å². The molecule has 0 radical (unpaired) electrons. The van der Waals surface area contributed by atoms with E-state index in [1.54, 1.807) is 0 Å². The van der Waals surface area contributed by atoms with E-state index in [1.807, 2.05) is 78.9 Å². The van der Waals surface area contributed by atoms with Crippen molar-refractivity contribution in [1.29, 1.82) is 0 Å². The summed E-state index contributed by atoms with van der Waals surface area (Å²) in [5, 5.41) is 10.8. The van der Waals surface area contributed by atoms with E-state index in [-0.39, 0.29) is 18.1 Å². The summed E-state index contributed by atoms with van der Waals surface area (Å²) in [5.41, 5.74) is 3.33. The monoisotopic (exact) mass is 418 g/mol. The van der Waals surface area contributed by atoms with Crippen LogP contribution in [0.5, 0.6) is 0 Å². The lowest BCUT2D eigenvalue weighted by Crippen LogP contribution is -2.37. The summed E-state index contributed by atoms with van der Waals surface area (Å²) < 4.78 is 18.5. The molecule has 1 unspecified atom stereocenters. The molecule has 0 amide bonds. The van der Waals surface area contributed by atoms with Crippen molar-refractivity contribution >= 4 is 0 Å². The number of rotatable bonds is 10. The zero-order chi connectivity index (χ0) is 21.3. The lowest BCUT2D eigenvalue weighted by molar-refractivity contribution is -0.116. The molecule has 162 valence electrons. The zero-order valence-electron chi connectivity index (χ0n) is 17.7. The molecule has 1 aliphatic rings. The molecule has 3 aromatic carbocycles. The Morgan fingerprint density at radius 2 is 1.06 bits per heavy atom. The van der Waals surface area contributed by atoms with Crippen LogP contribution in [0.1, 0.15) is 23.1 Å². The minimum Gasteiger partial charge on any atom is -0.390 e. The van der Waals surface area contributed by atoms with Gasteiger partial charge < -0.3 is 19.3 Å². The summed E-state index contributed by atoms with van der Waals surface area (Å²) in [4.78, 5) is 0. The maximum atomic E-state index is 10.8. The standard InChI is InChI=1S/C27H30O4/c28-25-16-24(20-29-17-21-10-4-1-5-11-21)26(30-18-22-12-6-2-7-13-22)27(25)31-19-23-14-8-3-9-15-23/h1-15,24-28H,16-20H2/t24-,25+,26-,27?/m1/s1. The maximum Gasteiger partial charge on any atom is 0.110 e. The van der Waals surface area contributed by atoms with Gasteiger partial charge in [0.05, 0.1) is 38.6 Å². The largest absolute Gasteiger partial charge is 0.390 e. The molecular weight excluding hydrogens is 388 g/mol. The van der Waals surface area contributed by atoms with Crippen molar-refractivity contribution in [2.75, 3.05) is 6.61 Å². The van der Waals surface area contributed by atoms with Crippen molar-refractivity contribution in [3.63, 3.8) is 0 Å². The Morgan fingerprint density at radius 3 is 1.58 bits per heavy atom. The quantitative estimate of drug-likeness (QED) is 0.516. The van der Waals surface area contributed by atoms with E-state index in [9.17, 15) is 5.11 Å². The summed E-state index contributed by atoms with van der Waals surface area (Å²) in [6, 6.07) is 30.3. The van der Waals surface area contributed by atoms with Crippen LogP contribution in [0.2, 0.25) is 0 Å². The smallest absolute Gasteiger partial charge is 0.110 e. The van der Waals surface area contributed by atoms with Crippen LogP contribution in [-0.2, 0) is 34.0 Å². The zero-order valence-corrected chi connectivity index (χ0v) is 17.7. The fourth-order valence-electron chi connectivity index (χ4n) is 4.10. The summed E-state index contributed by atoms with van der Waals surface area (Å²) >= 11 is 0. The van der Waals surface area contributed by atoms with Crippen molar-refractivity contribution in [3.8, 4) is 0 Å². The number of aliphatic hydroxyl groups is 1. The number of hydrogen-bond donors (Lipinski definition) is 1. The van der Waals surface area contributed by atoms with Crippen LogP contribution in [-0.4, -0.2) is 30.0 Å². The molecule has 0 aliphatic heterocycles. The Kier molecular flexibility index (Phi) is 7.86. The Labute approximate surface area is 184 Å². The van der Waals surface area contributed by atoms with Crippen LogP contribution in [0.4, 0.5) is 0 Å². The first-order valence-electron chi connectivity index (χ1n) is 10.9. The van der Waals surface area contributed by atoms with Crippen molar-refractivity contribution in [2.45, 2.75) is 44.6 Å². The average Bonchev–Trinajstić information content (AvgIpc) is 3.12. The summed E-state index contributed by atoms with van der Waals surface area (Å²) in [6.07, 6.45) is -0.577. The van der Waals surface area contributed by atoms with Crippen LogP contribution in [0.3, 0.4) is 0 Å². The number of ether oxygens (including phenoxy) is 3. The second-order valence-corrected chi connectivity index (χ2v) is 8.09. The molecule has 0 heterocycles. The summed E-state index contributed by atoms with van der Waals surface area (Å²) in [7, 11) is 0. The molecule has 0 bridgehead atoms. The first-order valence-corrected chi connectivity index (χ1v) is 10.9. The Morgan fingerprint density at radius 1 is 0.613 bits per heavy atom. The third kappa shape index (κ3) is 6.25. The van der Waals surface area contributed by atoms with E-state index in [4.69, 9.17) is 14.2 Å². The highest BCUT2D eigenvalue weighted by molar-refractivity contribution is 5.15. The van der Waals surface area contributed by atoms with Crippen molar-refractivity contribution < 1.29 is 19.3 Å². The second kappa shape index (κ2) is 11.2. The molecule has 0 spiro atoms. The summed E-state index contributed by atoms with van der Waals surface area (Å²) in [5.74, 6) is 0.0724. The van der Waals surface area contributed by atoms with Crippen molar-refractivity contribution in [2.24, 2.45) is 5.92 Å². The van der Waals surface area contributed by atoms with Gasteiger partial charge in [0.15, 0.2) is 0 Å². The third-order valence-corrected chi connectivity index (χ3v) is 5.73. The lowest BCUT2D eigenvalue weighted by Gasteiger charge is -2.26. The van der Waals surface area contributed by atoms with E-state index in [1.165, 1.54) is 0 Å². The summed E-state index contributed by atoms with van der Waals surface area (Å²) in [6.45, 7) is 2.01. The lowest BCUT2D eigenvalue weighted by atomic mass is 10.1. The highest BCUT2D eigenvalue weighted by Gasteiger charge is 2.44. The van der Waals surface area contributed by atoms with Crippen LogP contribution in [0.15, 0.2) is 91.0 Å². The van der Waals surface area contributed by atoms with Gasteiger partial charge in [0.25, 0.3) is 0 Å².